The van der Waals surface area contributed by atoms with Gasteiger partial charge < -0.3 is 23.5 Å². The van der Waals surface area contributed by atoms with Crippen molar-refractivity contribution in [1.82, 2.24) is 14.5 Å². The Hall–Kier alpha value is -4.11. The molecule has 0 aliphatic rings. The van der Waals surface area contributed by atoms with Gasteiger partial charge in [0.05, 0.1) is 38.3 Å². The van der Waals surface area contributed by atoms with Crippen LogP contribution in [0.1, 0.15) is 16.8 Å². The van der Waals surface area contributed by atoms with E-state index in [-0.39, 0.29) is 0 Å². The number of hydrogen-bond donors (Lipinski definition) is 0. The van der Waals surface area contributed by atoms with E-state index in [4.69, 9.17) is 28.9 Å². The fourth-order valence-corrected chi connectivity index (χ4v) is 5.11. The third kappa shape index (κ3) is 9.19. The Morgan fingerprint density at radius 1 is 0.705 bits per heavy atom. The maximum Gasteiger partial charge on any atom is 0.143 e. The first-order valence-electron chi connectivity index (χ1n) is 14.6. The molecule has 3 aromatic carbocycles. The first-order chi connectivity index (χ1) is 21.4. The van der Waals surface area contributed by atoms with Crippen molar-refractivity contribution in [2.75, 3.05) is 38.2 Å². The lowest BCUT2D eigenvalue weighted by molar-refractivity contribution is 0.0895. The van der Waals surface area contributed by atoms with Crippen molar-refractivity contribution >= 4 is 10.0 Å². The van der Waals surface area contributed by atoms with Crippen LogP contribution in [0.4, 0.5) is 0 Å². The second kappa shape index (κ2) is 15.1. The van der Waals surface area contributed by atoms with Crippen LogP contribution >= 0.6 is 10.0 Å². The standard InChI is InChI=1S/C36H41N3O4S/c1-40-33-15-10-29(11-16-33)25-43-34-17-12-30(13-18-34)35-19-14-31(22-37-35)36-38-32(26-42-24-28-8-6-5-7-9-28)23-39(36)27-41-20-21-44(2,3)4/h5-19,22-23H,20-21,24-27H2,1-4H3. The van der Waals surface area contributed by atoms with Crippen LogP contribution in [0.25, 0.3) is 22.6 Å². The normalized spacial score (nSPS) is 11.8. The quantitative estimate of drug-likeness (QED) is 0.114. The first kappa shape index (κ1) is 31.3. The van der Waals surface area contributed by atoms with Crippen LogP contribution in [0.2, 0.25) is 0 Å². The summed E-state index contributed by atoms with van der Waals surface area (Å²) in [5, 5.41) is 0. The molecule has 0 saturated carbocycles. The number of imidazole rings is 1. The highest BCUT2D eigenvalue weighted by atomic mass is 32.3. The molecule has 0 fully saturated rings. The molecule has 0 aliphatic carbocycles. The second-order valence-corrected chi connectivity index (χ2v) is 16.0. The van der Waals surface area contributed by atoms with Gasteiger partial charge in [0.25, 0.3) is 0 Å². The van der Waals surface area contributed by atoms with Gasteiger partial charge in [-0.15, -0.1) is 0 Å². The lowest BCUT2D eigenvalue weighted by atomic mass is 10.1. The highest BCUT2D eigenvalue weighted by molar-refractivity contribution is 8.32. The number of methoxy groups -OCH3 is 1. The van der Waals surface area contributed by atoms with Crippen molar-refractivity contribution < 1.29 is 18.9 Å². The molecule has 0 atom stereocenters. The fraction of sp³-hybridized carbons (Fsp3) is 0.278. The minimum Gasteiger partial charge on any atom is -0.497 e. The maximum atomic E-state index is 6.07. The number of ether oxygens (including phenoxy) is 4. The molecule has 8 heteroatoms. The lowest BCUT2D eigenvalue weighted by Crippen LogP contribution is -2.10. The number of aromatic nitrogens is 3. The van der Waals surface area contributed by atoms with E-state index >= 15 is 0 Å². The molecule has 0 aliphatic heterocycles. The van der Waals surface area contributed by atoms with E-state index < -0.39 is 10.0 Å². The van der Waals surface area contributed by atoms with E-state index in [0.29, 0.717) is 33.2 Å². The maximum absolute atomic E-state index is 6.07. The van der Waals surface area contributed by atoms with Crippen molar-refractivity contribution in [1.29, 1.82) is 0 Å². The summed E-state index contributed by atoms with van der Waals surface area (Å²) in [6.07, 6.45) is 10.8. The van der Waals surface area contributed by atoms with Crippen LogP contribution < -0.4 is 9.47 Å². The topological polar surface area (TPSA) is 67.6 Å². The van der Waals surface area contributed by atoms with Gasteiger partial charge in [-0.3, -0.25) is 4.98 Å². The van der Waals surface area contributed by atoms with Crippen LogP contribution in [0.5, 0.6) is 11.5 Å². The van der Waals surface area contributed by atoms with Gasteiger partial charge in [0.15, 0.2) is 0 Å². The van der Waals surface area contributed by atoms with Gasteiger partial charge in [-0.1, -0.05) is 42.5 Å². The van der Waals surface area contributed by atoms with E-state index in [0.717, 1.165) is 56.7 Å². The highest BCUT2D eigenvalue weighted by Crippen LogP contribution is 2.33. The Morgan fingerprint density at radius 3 is 2.09 bits per heavy atom. The number of hydrogen-bond acceptors (Lipinski definition) is 6. The van der Waals surface area contributed by atoms with Crippen molar-refractivity contribution in [2.45, 2.75) is 26.6 Å². The van der Waals surface area contributed by atoms with Crippen LogP contribution in [-0.4, -0.2) is 52.8 Å². The zero-order chi connectivity index (χ0) is 30.8. The van der Waals surface area contributed by atoms with Crippen LogP contribution in [0, 0.1) is 0 Å². The summed E-state index contributed by atoms with van der Waals surface area (Å²) in [5.74, 6) is 3.51. The first-order valence-corrected chi connectivity index (χ1v) is 17.6. The zero-order valence-electron chi connectivity index (χ0n) is 25.9. The van der Waals surface area contributed by atoms with E-state index in [9.17, 15) is 0 Å². The molecule has 230 valence electrons. The molecule has 0 bridgehead atoms. The molecule has 0 spiro atoms. The molecule has 0 saturated heterocycles. The fourth-order valence-electron chi connectivity index (χ4n) is 4.50. The summed E-state index contributed by atoms with van der Waals surface area (Å²) >= 11 is 0. The minimum atomic E-state index is -0.618. The molecule has 0 N–H and O–H groups in total. The predicted octanol–water partition coefficient (Wildman–Crippen LogP) is 7.58. The monoisotopic (exact) mass is 611 g/mol. The van der Waals surface area contributed by atoms with E-state index in [1.54, 1.807) is 7.11 Å². The zero-order valence-corrected chi connectivity index (χ0v) is 26.8. The Bertz CT molecular complexity index is 1580. The highest BCUT2D eigenvalue weighted by Gasteiger charge is 2.13. The minimum absolute atomic E-state index is 0.416. The summed E-state index contributed by atoms with van der Waals surface area (Å²) in [6, 6.07) is 30.1. The summed E-state index contributed by atoms with van der Waals surface area (Å²) in [5.41, 5.74) is 5.89. The van der Waals surface area contributed by atoms with Gasteiger partial charge in [0.1, 0.15) is 30.7 Å². The van der Waals surface area contributed by atoms with Gasteiger partial charge in [-0.25, -0.2) is 15.0 Å². The molecular formula is C36H41N3O4S. The molecule has 7 nitrogen and oxygen atoms in total. The average molecular weight is 612 g/mol. The third-order valence-electron chi connectivity index (χ3n) is 6.99. The lowest BCUT2D eigenvalue weighted by Gasteiger charge is -2.24. The summed E-state index contributed by atoms with van der Waals surface area (Å²) < 4.78 is 25.3. The van der Waals surface area contributed by atoms with E-state index in [1.165, 1.54) is 0 Å². The Labute approximate surface area is 262 Å². The molecule has 2 aromatic heterocycles. The molecule has 5 aromatic rings. The number of nitrogens with zero attached hydrogens (tertiary/aromatic N) is 3. The Morgan fingerprint density at radius 2 is 1.41 bits per heavy atom. The van der Waals surface area contributed by atoms with Gasteiger partial charge in [-0.2, -0.15) is 0 Å². The van der Waals surface area contributed by atoms with Crippen molar-refractivity contribution in [2.24, 2.45) is 0 Å². The van der Waals surface area contributed by atoms with Crippen molar-refractivity contribution in [3.8, 4) is 34.1 Å². The molecule has 44 heavy (non-hydrogen) atoms. The molecular weight excluding hydrogens is 570 g/mol. The van der Waals surface area contributed by atoms with Crippen LogP contribution in [0.3, 0.4) is 0 Å². The van der Waals surface area contributed by atoms with E-state index in [1.807, 2.05) is 89.8 Å². The summed E-state index contributed by atoms with van der Waals surface area (Å²) in [6.45, 7) is 2.59. The number of pyridine rings is 1. The van der Waals surface area contributed by atoms with Crippen LogP contribution in [0.15, 0.2) is 103 Å². The average Bonchev–Trinajstić information content (AvgIpc) is 3.45. The van der Waals surface area contributed by atoms with Gasteiger partial charge >= 0.3 is 0 Å². The molecule has 0 amide bonds. The van der Waals surface area contributed by atoms with Gasteiger partial charge in [0.2, 0.25) is 0 Å². The second-order valence-electron chi connectivity index (χ2n) is 11.4. The molecule has 2 heterocycles. The molecule has 0 radical (unpaired) electrons. The van der Waals surface area contributed by atoms with Gasteiger partial charge in [0, 0.05) is 29.3 Å². The van der Waals surface area contributed by atoms with Crippen molar-refractivity contribution in [3.63, 3.8) is 0 Å². The predicted molar refractivity (Wildman–Crippen MR) is 179 cm³/mol. The number of benzene rings is 3. The SMILES string of the molecule is COc1ccc(COc2ccc(-c3ccc(-c4nc(COCc5ccccc5)cn4COCCS(C)(C)C)cn3)cc2)cc1. The summed E-state index contributed by atoms with van der Waals surface area (Å²) in [7, 11) is 1.04. The summed E-state index contributed by atoms with van der Waals surface area (Å²) in [4.78, 5) is 9.68. The third-order valence-corrected chi connectivity index (χ3v) is 8.39. The molecule has 0 unspecified atom stereocenters. The smallest absolute Gasteiger partial charge is 0.143 e. The molecule has 5 rings (SSSR count). The Balaban J connectivity index is 1.24. The van der Waals surface area contributed by atoms with Crippen LogP contribution in [-0.2, 0) is 36.0 Å². The van der Waals surface area contributed by atoms with Crippen molar-refractivity contribution in [3.05, 3.63) is 120 Å². The Kier molecular flexibility index (Phi) is 10.7. The number of rotatable bonds is 15. The van der Waals surface area contributed by atoms with E-state index in [2.05, 4.69) is 37.0 Å². The largest absolute Gasteiger partial charge is 0.497 e. The van der Waals surface area contributed by atoms with Gasteiger partial charge in [-0.05, 0) is 78.4 Å².